The van der Waals surface area contributed by atoms with Gasteiger partial charge in [-0.15, -0.1) is 0 Å². The highest BCUT2D eigenvalue weighted by Crippen LogP contribution is 2.02. The zero-order valence-electron chi connectivity index (χ0n) is 13.1. The van der Waals surface area contributed by atoms with Crippen molar-refractivity contribution in [2.75, 3.05) is 24.2 Å². The zero-order chi connectivity index (χ0) is 15.8. The zero-order valence-corrected chi connectivity index (χ0v) is 13.1. The maximum Gasteiger partial charge on any atom is 0.225 e. The maximum atomic E-state index is 4.55. The van der Waals surface area contributed by atoms with Gasteiger partial charge in [0.15, 0.2) is 0 Å². The summed E-state index contributed by atoms with van der Waals surface area (Å²) in [6.45, 7) is 6.51. The molecule has 2 aromatic rings. The van der Waals surface area contributed by atoms with Gasteiger partial charge in [0, 0.05) is 18.8 Å². The van der Waals surface area contributed by atoms with Gasteiger partial charge in [0.25, 0.3) is 0 Å². The third-order valence-electron chi connectivity index (χ3n) is 3.32. The Morgan fingerprint density at radius 1 is 1.18 bits per heavy atom. The number of hydrogen-bond donors (Lipinski definition) is 2. The first kappa shape index (κ1) is 15.8. The van der Waals surface area contributed by atoms with Gasteiger partial charge in [-0.3, -0.25) is 0 Å². The Morgan fingerprint density at radius 3 is 2.59 bits per heavy atom. The monoisotopic (exact) mass is 294 g/mol. The summed E-state index contributed by atoms with van der Waals surface area (Å²) in [7, 11) is 1.86. The molecule has 0 spiro atoms. The fraction of sp³-hybridized carbons (Fsp3) is 0.222. The summed E-state index contributed by atoms with van der Waals surface area (Å²) in [5.41, 5.74) is 1.29. The third-order valence-corrected chi connectivity index (χ3v) is 3.32. The van der Waals surface area contributed by atoms with Crippen LogP contribution in [-0.2, 0) is 6.42 Å². The number of nitrogens with one attached hydrogen (secondary N) is 2. The lowest BCUT2D eigenvalue weighted by Crippen LogP contribution is -2.33. The smallest absolute Gasteiger partial charge is 0.225 e. The fourth-order valence-corrected chi connectivity index (χ4v) is 2.24. The molecule has 0 aliphatic rings. The van der Waals surface area contributed by atoms with Crippen molar-refractivity contribution in [2.24, 2.45) is 0 Å². The molecule has 2 N–H and O–H groups in total. The van der Waals surface area contributed by atoms with Crippen LogP contribution in [0.4, 0.5) is 11.8 Å². The summed E-state index contributed by atoms with van der Waals surface area (Å²) < 4.78 is 0. The van der Waals surface area contributed by atoms with Crippen molar-refractivity contribution < 1.29 is 0 Å². The van der Waals surface area contributed by atoms with Crippen LogP contribution in [0.25, 0.3) is 12.2 Å². The van der Waals surface area contributed by atoms with Gasteiger partial charge in [-0.2, -0.15) is 4.98 Å². The van der Waals surface area contributed by atoms with Crippen molar-refractivity contribution in [2.45, 2.75) is 13.3 Å². The average Bonchev–Trinajstić information content (AvgIpc) is 2.55. The van der Waals surface area contributed by atoms with Crippen LogP contribution in [0.1, 0.15) is 12.5 Å². The molecule has 0 aliphatic carbocycles. The molecule has 0 saturated carbocycles. The average molecular weight is 294 g/mol. The molecule has 114 valence electrons. The highest BCUT2D eigenvalue weighted by Gasteiger charge is 2.02. The molecule has 0 amide bonds. The van der Waals surface area contributed by atoms with E-state index in [1.807, 2.05) is 44.3 Å². The van der Waals surface area contributed by atoms with Crippen LogP contribution in [-0.4, -0.2) is 23.6 Å². The second-order valence-corrected chi connectivity index (χ2v) is 4.80. The van der Waals surface area contributed by atoms with Gasteiger partial charge in [0.05, 0.1) is 5.35 Å². The normalized spacial score (nSPS) is 12.3. The summed E-state index contributed by atoms with van der Waals surface area (Å²) in [5.74, 6) is 1.44. The maximum absolute atomic E-state index is 4.55. The first-order chi connectivity index (χ1) is 10.8. The SMILES string of the molecule is C=C/C=c1/nc(NCCc2ccccc2)nc(NC)/c1=C/C. The molecule has 4 nitrogen and oxygen atoms in total. The number of rotatable bonds is 6. The van der Waals surface area contributed by atoms with Crippen molar-refractivity contribution >= 4 is 23.9 Å². The van der Waals surface area contributed by atoms with Crippen molar-refractivity contribution in [3.63, 3.8) is 0 Å². The topological polar surface area (TPSA) is 49.8 Å². The lowest BCUT2D eigenvalue weighted by molar-refractivity contribution is 0.973. The van der Waals surface area contributed by atoms with Gasteiger partial charge in [0.2, 0.25) is 5.95 Å². The molecule has 0 saturated heterocycles. The van der Waals surface area contributed by atoms with Crippen LogP contribution in [0.3, 0.4) is 0 Å². The highest BCUT2D eigenvalue weighted by molar-refractivity contribution is 5.48. The van der Waals surface area contributed by atoms with E-state index in [4.69, 9.17) is 0 Å². The van der Waals surface area contributed by atoms with Gasteiger partial charge in [0.1, 0.15) is 5.82 Å². The number of aromatic nitrogens is 2. The van der Waals surface area contributed by atoms with Crippen molar-refractivity contribution in [1.29, 1.82) is 0 Å². The summed E-state index contributed by atoms with van der Waals surface area (Å²) in [4.78, 5) is 9.07. The molecular weight excluding hydrogens is 272 g/mol. The van der Waals surface area contributed by atoms with Crippen LogP contribution in [0.5, 0.6) is 0 Å². The Morgan fingerprint density at radius 2 is 1.95 bits per heavy atom. The quantitative estimate of drug-likeness (QED) is 0.855. The molecule has 0 fully saturated rings. The van der Waals surface area contributed by atoms with Crippen LogP contribution in [0, 0.1) is 0 Å². The number of benzene rings is 1. The van der Waals surface area contributed by atoms with E-state index < -0.39 is 0 Å². The summed E-state index contributed by atoms with van der Waals surface area (Å²) in [5, 5.41) is 8.25. The van der Waals surface area contributed by atoms with Gasteiger partial charge in [-0.25, -0.2) is 4.98 Å². The minimum Gasteiger partial charge on any atom is -0.372 e. The predicted molar refractivity (Wildman–Crippen MR) is 94.3 cm³/mol. The Bertz CT molecular complexity index is 736. The minimum absolute atomic E-state index is 0.624. The Labute approximate surface area is 131 Å². The molecule has 1 aromatic heterocycles. The summed E-state index contributed by atoms with van der Waals surface area (Å²) >= 11 is 0. The minimum atomic E-state index is 0.624. The second kappa shape index (κ2) is 7.98. The molecular formula is C18H22N4. The third kappa shape index (κ3) is 3.95. The standard InChI is InChI=1S/C18H22N4/c1-4-9-16-15(5-2)17(19-3)22-18(21-16)20-13-12-14-10-7-6-8-11-14/h4-11H,1,12-13H2,2-3H3,(H2,19,20,21,22)/b15-5+,16-9+. The van der Waals surface area contributed by atoms with E-state index in [0.29, 0.717) is 5.95 Å². The van der Waals surface area contributed by atoms with Crippen molar-refractivity contribution in [1.82, 2.24) is 9.97 Å². The van der Waals surface area contributed by atoms with Crippen LogP contribution >= 0.6 is 0 Å². The van der Waals surface area contributed by atoms with Crippen LogP contribution < -0.4 is 21.2 Å². The lowest BCUT2D eigenvalue weighted by atomic mass is 10.1. The number of allylic oxidation sites excluding steroid dienone is 1. The molecule has 2 rings (SSSR count). The van der Waals surface area contributed by atoms with Crippen LogP contribution in [0.2, 0.25) is 0 Å². The van der Waals surface area contributed by atoms with Crippen molar-refractivity contribution in [3.05, 3.63) is 59.1 Å². The fourth-order valence-electron chi connectivity index (χ4n) is 2.24. The first-order valence-corrected chi connectivity index (χ1v) is 7.41. The number of anilines is 2. The molecule has 0 aliphatic heterocycles. The second-order valence-electron chi connectivity index (χ2n) is 4.80. The number of hydrogen-bond acceptors (Lipinski definition) is 4. The molecule has 0 bridgehead atoms. The largest absolute Gasteiger partial charge is 0.372 e. The Balaban J connectivity index is 2.19. The van der Waals surface area contributed by atoms with E-state index in [9.17, 15) is 0 Å². The van der Waals surface area contributed by atoms with Gasteiger partial charge < -0.3 is 10.6 Å². The molecule has 4 heteroatoms. The van der Waals surface area contributed by atoms with E-state index in [1.54, 1.807) is 6.08 Å². The highest BCUT2D eigenvalue weighted by atomic mass is 15.1. The molecule has 1 aromatic carbocycles. The van der Waals surface area contributed by atoms with Gasteiger partial charge in [-0.05, 0) is 25.0 Å². The summed E-state index contributed by atoms with van der Waals surface area (Å²) in [6, 6.07) is 10.4. The summed E-state index contributed by atoms with van der Waals surface area (Å²) in [6.07, 6.45) is 6.55. The lowest BCUT2D eigenvalue weighted by Gasteiger charge is -2.08. The predicted octanol–water partition coefficient (Wildman–Crippen LogP) is 1.94. The number of nitrogens with zero attached hydrogens (tertiary/aromatic N) is 2. The molecule has 1 heterocycles. The van der Waals surface area contributed by atoms with Gasteiger partial charge >= 0.3 is 0 Å². The van der Waals surface area contributed by atoms with E-state index in [0.717, 1.165) is 29.4 Å². The van der Waals surface area contributed by atoms with E-state index in [2.05, 4.69) is 39.3 Å². The van der Waals surface area contributed by atoms with Crippen LogP contribution in [0.15, 0.2) is 43.0 Å². The van der Waals surface area contributed by atoms with Crippen molar-refractivity contribution in [3.8, 4) is 0 Å². The van der Waals surface area contributed by atoms with E-state index >= 15 is 0 Å². The van der Waals surface area contributed by atoms with E-state index in [-0.39, 0.29) is 0 Å². The molecule has 0 radical (unpaired) electrons. The Hall–Kier alpha value is -2.62. The van der Waals surface area contributed by atoms with E-state index in [1.165, 1.54) is 5.56 Å². The Kier molecular flexibility index (Phi) is 5.72. The molecule has 0 unspecified atom stereocenters. The first-order valence-electron chi connectivity index (χ1n) is 7.41. The van der Waals surface area contributed by atoms with Gasteiger partial charge in [-0.1, -0.05) is 49.1 Å². The molecule has 22 heavy (non-hydrogen) atoms. The molecule has 0 atom stereocenters.